The predicted molar refractivity (Wildman–Crippen MR) is 121 cm³/mol. The molecule has 34 heavy (non-hydrogen) atoms. The van der Waals surface area contributed by atoms with Gasteiger partial charge in [-0.3, -0.25) is 14.5 Å². The number of ether oxygens (including phenoxy) is 1. The van der Waals surface area contributed by atoms with Gasteiger partial charge < -0.3 is 19.8 Å². The Bertz CT molecular complexity index is 1160. The fourth-order valence-corrected chi connectivity index (χ4v) is 3.72. The minimum Gasteiger partial charge on any atom is -0.459 e. The average molecular weight is 465 g/mol. The van der Waals surface area contributed by atoms with Gasteiger partial charge in [0.1, 0.15) is 5.82 Å². The zero-order valence-corrected chi connectivity index (χ0v) is 18.7. The van der Waals surface area contributed by atoms with Gasteiger partial charge in [-0.1, -0.05) is 24.3 Å². The van der Waals surface area contributed by atoms with E-state index in [9.17, 15) is 18.8 Å². The van der Waals surface area contributed by atoms with Crippen molar-refractivity contribution >= 4 is 23.6 Å². The van der Waals surface area contributed by atoms with E-state index < -0.39 is 24.1 Å². The smallest absolute Gasteiger partial charge is 0.411 e. The van der Waals surface area contributed by atoms with E-state index in [1.807, 2.05) is 13.8 Å². The Morgan fingerprint density at radius 1 is 1.06 bits per heavy atom. The van der Waals surface area contributed by atoms with Crippen molar-refractivity contribution in [2.24, 2.45) is 0 Å². The van der Waals surface area contributed by atoms with Gasteiger partial charge in [0.05, 0.1) is 12.8 Å². The lowest BCUT2D eigenvalue weighted by Gasteiger charge is -2.25. The van der Waals surface area contributed by atoms with Crippen molar-refractivity contribution in [2.45, 2.75) is 38.6 Å². The number of rotatable bonds is 7. The first-order valence-electron chi connectivity index (χ1n) is 10.8. The van der Waals surface area contributed by atoms with Crippen LogP contribution in [0.25, 0.3) is 0 Å². The zero-order valence-electron chi connectivity index (χ0n) is 18.7. The lowest BCUT2D eigenvalue weighted by atomic mass is 10.00. The van der Waals surface area contributed by atoms with Gasteiger partial charge in [0, 0.05) is 11.7 Å². The highest BCUT2D eigenvalue weighted by Crippen LogP contribution is 2.34. The Labute approximate surface area is 195 Å². The molecule has 0 saturated carbocycles. The molecular weight excluding hydrogens is 441 g/mol. The van der Waals surface area contributed by atoms with Crippen LogP contribution in [0.3, 0.4) is 0 Å². The lowest BCUT2D eigenvalue weighted by Crippen LogP contribution is -2.48. The number of hydrogen-bond acceptors (Lipinski definition) is 5. The third-order valence-corrected chi connectivity index (χ3v) is 5.29. The molecular formula is C25H24FN3O5. The van der Waals surface area contributed by atoms with Gasteiger partial charge in [0.2, 0.25) is 5.91 Å². The van der Waals surface area contributed by atoms with Crippen LogP contribution in [0.1, 0.15) is 41.6 Å². The average Bonchev–Trinajstić information content (AvgIpc) is 3.44. The monoisotopic (exact) mass is 465 g/mol. The van der Waals surface area contributed by atoms with Crippen molar-refractivity contribution in [3.8, 4) is 0 Å². The van der Waals surface area contributed by atoms with Gasteiger partial charge in [-0.15, -0.1) is 0 Å². The first kappa shape index (κ1) is 23.0. The van der Waals surface area contributed by atoms with Gasteiger partial charge in [-0.05, 0) is 61.4 Å². The largest absolute Gasteiger partial charge is 0.459 e. The maximum absolute atomic E-state index is 13.3. The molecule has 2 N–H and O–H groups in total. The van der Waals surface area contributed by atoms with Crippen molar-refractivity contribution < 1.29 is 27.9 Å². The summed E-state index contributed by atoms with van der Waals surface area (Å²) < 4.78 is 24.0. The molecule has 2 aromatic carbocycles. The van der Waals surface area contributed by atoms with Crippen LogP contribution < -0.4 is 10.6 Å². The summed E-state index contributed by atoms with van der Waals surface area (Å²) in [4.78, 5) is 39.3. The minimum atomic E-state index is -0.927. The molecule has 2 heterocycles. The Morgan fingerprint density at radius 2 is 1.76 bits per heavy atom. The standard InChI is InChI=1S/C25H24FN3O5/c1-15(2)27-24(31)21-22(34-25(32)29(21)14-16-5-9-18(26)10-6-16)17-7-11-19(12-8-17)28-23(30)20-4-3-13-33-20/h3-13,15,21-22H,14H2,1-2H3,(H,27,31)(H,28,30). The molecule has 176 valence electrons. The van der Waals surface area contributed by atoms with E-state index in [1.165, 1.54) is 23.3 Å². The number of hydrogen-bond donors (Lipinski definition) is 2. The van der Waals surface area contributed by atoms with Gasteiger partial charge in [-0.2, -0.15) is 0 Å². The molecule has 3 amide bonds. The number of cyclic esters (lactones) is 1. The van der Waals surface area contributed by atoms with Crippen LogP contribution in [0.2, 0.25) is 0 Å². The summed E-state index contributed by atoms with van der Waals surface area (Å²) in [6, 6.07) is 14.5. The summed E-state index contributed by atoms with van der Waals surface area (Å²) in [5, 5.41) is 5.56. The van der Waals surface area contributed by atoms with E-state index >= 15 is 0 Å². The van der Waals surface area contributed by atoms with Crippen LogP contribution in [0.15, 0.2) is 71.3 Å². The minimum absolute atomic E-state index is 0.0864. The highest BCUT2D eigenvalue weighted by molar-refractivity contribution is 6.02. The molecule has 9 heteroatoms. The molecule has 0 bridgehead atoms. The van der Waals surface area contributed by atoms with Gasteiger partial charge in [-0.25, -0.2) is 9.18 Å². The number of nitrogens with zero attached hydrogens (tertiary/aromatic N) is 1. The number of carbonyl (C=O) groups is 3. The molecule has 0 spiro atoms. The fourth-order valence-electron chi connectivity index (χ4n) is 3.72. The Morgan fingerprint density at radius 3 is 2.38 bits per heavy atom. The van der Waals surface area contributed by atoms with E-state index in [2.05, 4.69) is 10.6 Å². The van der Waals surface area contributed by atoms with Crippen molar-refractivity contribution in [2.75, 3.05) is 5.32 Å². The maximum Gasteiger partial charge on any atom is 0.411 e. The van der Waals surface area contributed by atoms with Crippen molar-refractivity contribution in [3.63, 3.8) is 0 Å². The highest BCUT2D eigenvalue weighted by atomic mass is 19.1. The number of anilines is 1. The van der Waals surface area contributed by atoms with E-state index in [0.717, 1.165) is 0 Å². The molecule has 2 atom stereocenters. The number of carbonyl (C=O) groups excluding carboxylic acids is 3. The summed E-state index contributed by atoms with van der Waals surface area (Å²) >= 11 is 0. The van der Waals surface area contributed by atoms with E-state index in [-0.39, 0.29) is 30.1 Å². The second-order valence-electron chi connectivity index (χ2n) is 8.22. The van der Waals surface area contributed by atoms with Crippen molar-refractivity contribution in [1.82, 2.24) is 10.2 Å². The van der Waals surface area contributed by atoms with E-state index in [1.54, 1.807) is 48.5 Å². The fraction of sp³-hybridized carbons (Fsp3) is 0.240. The molecule has 2 unspecified atom stereocenters. The third kappa shape index (κ3) is 5.09. The molecule has 1 fully saturated rings. The van der Waals surface area contributed by atoms with Crippen LogP contribution in [0, 0.1) is 5.82 Å². The first-order chi connectivity index (χ1) is 16.3. The topological polar surface area (TPSA) is 101 Å². The molecule has 8 nitrogen and oxygen atoms in total. The molecule has 3 aromatic rings. The number of benzene rings is 2. The van der Waals surface area contributed by atoms with Crippen molar-refractivity contribution in [3.05, 3.63) is 89.6 Å². The molecule has 1 aromatic heterocycles. The summed E-state index contributed by atoms with van der Waals surface area (Å²) in [7, 11) is 0. The molecule has 1 aliphatic heterocycles. The summed E-state index contributed by atoms with van der Waals surface area (Å²) in [6.07, 6.45) is -0.0955. The van der Waals surface area contributed by atoms with Crippen LogP contribution >= 0.6 is 0 Å². The molecule has 0 radical (unpaired) electrons. The normalized spacial score (nSPS) is 17.5. The summed E-state index contributed by atoms with van der Waals surface area (Å²) in [5.74, 6) is -0.970. The SMILES string of the molecule is CC(C)NC(=O)C1C(c2ccc(NC(=O)c3ccco3)cc2)OC(=O)N1Cc1ccc(F)cc1. The molecule has 1 saturated heterocycles. The van der Waals surface area contributed by atoms with Gasteiger partial charge in [0.25, 0.3) is 5.91 Å². The summed E-state index contributed by atoms with van der Waals surface area (Å²) in [6.45, 7) is 3.74. The summed E-state index contributed by atoms with van der Waals surface area (Å²) in [5.41, 5.74) is 1.77. The Kier molecular flexibility index (Phi) is 6.62. The zero-order chi connectivity index (χ0) is 24.2. The second kappa shape index (κ2) is 9.78. The van der Waals surface area contributed by atoms with Crippen LogP contribution in [0.4, 0.5) is 14.9 Å². The first-order valence-corrected chi connectivity index (χ1v) is 10.8. The number of nitrogens with one attached hydrogen (secondary N) is 2. The number of amides is 3. The van der Waals surface area contributed by atoms with Gasteiger partial charge >= 0.3 is 6.09 Å². The predicted octanol–water partition coefficient (Wildman–Crippen LogP) is 4.26. The molecule has 1 aliphatic rings. The van der Waals surface area contributed by atoms with E-state index in [4.69, 9.17) is 9.15 Å². The van der Waals surface area contributed by atoms with Gasteiger partial charge in [0.15, 0.2) is 17.9 Å². The second-order valence-corrected chi connectivity index (χ2v) is 8.22. The maximum atomic E-state index is 13.3. The number of halogens is 1. The van der Waals surface area contributed by atoms with Crippen molar-refractivity contribution in [1.29, 1.82) is 0 Å². The molecule has 4 rings (SSSR count). The lowest BCUT2D eigenvalue weighted by molar-refractivity contribution is -0.126. The van der Waals surface area contributed by atoms with Crippen LogP contribution in [-0.2, 0) is 16.1 Å². The molecule has 0 aliphatic carbocycles. The third-order valence-electron chi connectivity index (χ3n) is 5.29. The van der Waals surface area contributed by atoms with Crippen LogP contribution in [-0.4, -0.2) is 34.9 Å². The Hall–Kier alpha value is -4.14. The number of furan rings is 1. The Balaban J connectivity index is 1.56. The highest BCUT2D eigenvalue weighted by Gasteiger charge is 2.47. The van der Waals surface area contributed by atoms with E-state index in [0.29, 0.717) is 16.8 Å². The van der Waals surface area contributed by atoms with Crippen LogP contribution in [0.5, 0.6) is 0 Å². The quantitative estimate of drug-likeness (QED) is 0.543.